The quantitative estimate of drug-likeness (QED) is 0.684. The minimum atomic E-state index is -0.966. The van der Waals surface area contributed by atoms with E-state index in [0.717, 1.165) is 18.4 Å². The van der Waals surface area contributed by atoms with Crippen molar-refractivity contribution in [1.29, 1.82) is 0 Å². The summed E-state index contributed by atoms with van der Waals surface area (Å²) in [6.07, 6.45) is 2.12. The maximum Gasteiger partial charge on any atom is 0.335 e. The third kappa shape index (κ3) is 6.40. The molecule has 0 fully saturated rings. The zero-order chi connectivity index (χ0) is 15.9. The van der Waals surface area contributed by atoms with Crippen LogP contribution in [0.3, 0.4) is 0 Å². The zero-order valence-corrected chi connectivity index (χ0v) is 12.7. The molecule has 0 saturated carbocycles. The number of rotatable bonds is 8. The second kappa shape index (κ2) is 7.78. The first-order valence-corrected chi connectivity index (χ1v) is 7.13. The summed E-state index contributed by atoms with van der Waals surface area (Å²) in [5.41, 5.74) is 6.62. The van der Waals surface area contributed by atoms with Gasteiger partial charge in [-0.2, -0.15) is 0 Å². The van der Waals surface area contributed by atoms with E-state index in [2.05, 4.69) is 19.2 Å². The van der Waals surface area contributed by atoms with Crippen LogP contribution in [-0.2, 0) is 11.3 Å². The van der Waals surface area contributed by atoms with E-state index in [1.165, 1.54) is 6.07 Å². The highest BCUT2D eigenvalue weighted by molar-refractivity contribution is 5.87. The number of nitrogens with two attached hydrogens (primary N) is 1. The van der Waals surface area contributed by atoms with Crippen molar-refractivity contribution in [3.63, 3.8) is 0 Å². The summed E-state index contributed by atoms with van der Waals surface area (Å²) < 4.78 is 0. The Morgan fingerprint density at radius 2 is 2.00 bits per heavy atom. The van der Waals surface area contributed by atoms with E-state index in [9.17, 15) is 9.59 Å². The van der Waals surface area contributed by atoms with Crippen LogP contribution in [0.2, 0.25) is 0 Å². The molecule has 4 N–H and O–H groups in total. The first kappa shape index (κ1) is 17.2. The molecule has 116 valence electrons. The lowest BCUT2D eigenvalue weighted by molar-refractivity contribution is -0.121. The highest BCUT2D eigenvalue weighted by Gasteiger charge is 2.18. The Morgan fingerprint density at radius 3 is 2.62 bits per heavy atom. The molecule has 1 rings (SSSR count). The Hall–Kier alpha value is -1.88. The van der Waals surface area contributed by atoms with Crippen LogP contribution < -0.4 is 11.1 Å². The molecule has 21 heavy (non-hydrogen) atoms. The smallest absolute Gasteiger partial charge is 0.335 e. The van der Waals surface area contributed by atoms with Crippen molar-refractivity contribution in [3.8, 4) is 0 Å². The number of hydrogen-bond donors (Lipinski definition) is 3. The fourth-order valence-electron chi connectivity index (χ4n) is 2.07. The summed E-state index contributed by atoms with van der Waals surface area (Å²) >= 11 is 0. The molecule has 1 aromatic carbocycles. The minimum Gasteiger partial charge on any atom is -0.478 e. The molecule has 5 nitrogen and oxygen atoms in total. The Balaban J connectivity index is 2.43. The number of carbonyl (C=O) groups excluding carboxylic acids is 1. The van der Waals surface area contributed by atoms with Crippen LogP contribution in [0.25, 0.3) is 0 Å². The molecule has 0 heterocycles. The molecule has 0 aliphatic carbocycles. The molecule has 0 saturated heterocycles. The Morgan fingerprint density at radius 1 is 1.29 bits per heavy atom. The number of amides is 1. The minimum absolute atomic E-state index is 0.0270. The summed E-state index contributed by atoms with van der Waals surface area (Å²) in [4.78, 5) is 22.7. The van der Waals surface area contributed by atoms with Gasteiger partial charge in [-0.15, -0.1) is 0 Å². The number of benzene rings is 1. The van der Waals surface area contributed by atoms with Gasteiger partial charge in [-0.3, -0.25) is 4.79 Å². The SMILES string of the molecule is CC(C)(CCN)CCC(=O)NCc1cccc(C(=O)O)c1. The van der Waals surface area contributed by atoms with Crippen molar-refractivity contribution in [1.82, 2.24) is 5.32 Å². The molecule has 1 amide bonds. The van der Waals surface area contributed by atoms with Crippen LogP contribution in [0.15, 0.2) is 24.3 Å². The Labute approximate surface area is 125 Å². The summed E-state index contributed by atoms with van der Waals surface area (Å²) in [6, 6.07) is 6.57. The summed E-state index contributed by atoms with van der Waals surface area (Å²) in [5.74, 6) is -0.993. The standard InChI is InChI=1S/C16H24N2O3/c1-16(2,8-9-17)7-6-14(19)18-11-12-4-3-5-13(10-12)15(20)21/h3-5,10H,6-9,11,17H2,1-2H3,(H,18,19)(H,20,21). The van der Waals surface area contributed by atoms with Gasteiger partial charge in [0.1, 0.15) is 0 Å². The van der Waals surface area contributed by atoms with Gasteiger partial charge in [-0.05, 0) is 42.5 Å². The van der Waals surface area contributed by atoms with Crippen LogP contribution in [0.5, 0.6) is 0 Å². The van der Waals surface area contributed by atoms with Gasteiger partial charge in [0.15, 0.2) is 0 Å². The van der Waals surface area contributed by atoms with Crippen LogP contribution in [-0.4, -0.2) is 23.5 Å². The van der Waals surface area contributed by atoms with Gasteiger partial charge in [0.05, 0.1) is 5.56 Å². The highest BCUT2D eigenvalue weighted by Crippen LogP contribution is 2.25. The van der Waals surface area contributed by atoms with Crippen LogP contribution in [0, 0.1) is 5.41 Å². The maximum absolute atomic E-state index is 11.8. The van der Waals surface area contributed by atoms with Crippen molar-refractivity contribution in [2.45, 2.75) is 39.7 Å². The second-order valence-electron chi connectivity index (χ2n) is 5.99. The zero-order valence-electron chi connectivity index (χ0n) is 12.7. The first-order valence-electron chi connectivity index (χ1n) is 7.13. The van der Waals surface area contributed by atoms with Crippen molar-refractivity contribution < 1.29 is 14.7 Å². The van der Waals surface area contributed by atoms with Crippen molar-refractivity contribution in [2.75, 3.05) is 6.54 Å². The van der Waals surface area contributed by atoms with Crippen molar-refractivity contribution in [2.24, 2.45) is 11.1 Å². The molecular formula is C16H24N2O3. The number of carboxylic acids is 1. The van der Waals surface area contributed by atoms with Crippen molar-refractivity contribution >= 4 is 11.9 Å². The van der Waals surface area contributed by atoms with Crippen molar-refractivity contribution in [3.05, 3.63) is 35.4 Å². The van der Waals surface area contributed by atoms with Gasteiger partial charge in [0.2, 0.25) is 5.91 Å². The fraction of sp³-hybridized carbons (Fsp3) is 0.500. The number of carboxylic acid groups (broad SMARTS) is 1. The fourth-order valence-corrected chi connectivity index (χ4v) is 2.07. The van der Waals surface area contributed by atoms with E-state index < -0.39 is 5.97 Å². The molecular weight excluding hydrogens is 268 g/mol. The molecule has 5 heteroatoms. The maximum atomic E-state index is 11.8. The van der Waals surface area contributed by atoms with Gasteiger partial charge in [0, 0.05) is 13.0 Å². The average Bonchev–Trinajstić information content (AvgIpc) is 2.43. The number of aromatic carboxylic acids is 1. The lowest BCUT2D eigenvalue weighted by atomic mass is 9.84. The molecule has 0 aliphatic heterocycles. The lowest BCUT2D eigenvalue weighted by Gasteiger charge is -2.23. The highest BCUT2D eigenvalue weighted by atomic mass is 16.4. The largest absolute Gasteiger partial charge is 0.478 e. The normalized spacial score (nSPS) is 11.2. The van der Waals surface area contributed by atoms with E-state index in [1.807, 2.05) is 0 Å². The average molecular weight is 292 g/mol. The lowest BCUT2D eigenvalue weighted by Crippen LogP contribution is -2.25. The molecule has 1 aromatic rings. The molecule has 0 atom stereocenters. The van der Waals surface area contributed by atoms with Gasteiger partial charge in [-0.1, -0.05) is 26.0 Å². The predicted octanol–water partition coefficient (Wildman–Crippen LogP) is 2.16. The van der Waals surface area contributed by atoms with E-state index in [1.54, 1.807) is 18.2 Å². The van der Waals surface area contributed by atoms with E-state index in [0.29, 0.717) is 19.5 Å². The second-order valence-corrected chi connectivity index (χ2v) is 5.99. The van der Waals surface area contributed by atoms with Gasteiger partial charge in [0.25, 0.3) is 0 Å². The van der Waals surface area contributed by atoms with E-state index in [-0.39, 0.29) is 16.9 Å². The number of nitrogens with one attached hydrogen (secondary N) is 1. The number of hydrogen-bond acceptors (Lipinski definition) is 3. The monoisotopic (exact) mass is 292 g/mol. The van der Waals surface area contributed by atoms with Gasteiger partial charge < -0.3 is 16.2 Å². The van der Waals surface area contributed by atoms with Crippen LogP contribution in [0.1, 0.15) is 49.0 Å². The van der Waals surface area contributed by atoms with Crippen LogP contribution in [0.4, 0.5) is 0 Å². The summed E-state index contributed by atoms with van der Waals surface area (Å²) in [6.45, 7) is 5.17. The van der Waals surface area contributed by atoms with E-state index >= 15 is 0 Å². The Kier molecular flexibility index (Phi) is 6.37. The molecule has 0 bridgehead atoms. The third-order valence-corrected chi connectivity index (χ3v) is 3.51. The number of carbonyl (C=O) groups is 2. The molecule has 0 aromatic heterocycles. The topological polar surface area (TPSA) is 92.4 Å². The van der Waals surface area contributed by atoms with E-state index in [4.69, 9.17) is 10.8 Å². The Bertz CT molecular complexity index is 498. The van der Waals surface area contributed by atoms with Gasteiger partial charge in [-0.25, -0.2) is 4.79 Å². The molecule has 0 aliphatic rings. The van der Waals surface area contributed by atoms with Gasteiger partial charge >= 0.3 is 5.97 Å². The summed E-state index contributed by atoms with van der Waals surface area (Å²) in [7, 11) is 0. The summed E-state index contributed by atoms with van der Waals surface area (Å²) in [5, 5.41) is 11.7. The first-order chi connectivity index (χ1) is 9.84. The third-order valence-electron chi connectivity index (χ3n) is 3.51. The van der Waals surface area contributed by atoms with Crippen LogP contribution >= 0.6 is 0 Å². The predicted molar refractivity (Wildman–Crippen MR) is 81.9 cm³/mol. The molecule has 0 radical (unpaired) electrons. The molecule has 0 spiro atoms. The molecule has 0 unspecified atom stereocenters.